The molecule has 0 amide bonds. The molecule has 0 aromatic rings. The third-order valence-corrected chi connectivity index (χ3v) is 8.02. The van der Waals surface area contributed by atoms with Gasteiger partial charge in [0.25, 0.3) is 0 Å². The Morgan fingerprint density at radius 1 is 0.870 bits per heavy atom. The van der Waals surface area contributed by atoms with E-state index < -0.39 is 0 Å². The Morgan fingerprint density at radius 3 is 2.00 bits per heavy atom. The highest BCUT2D eigenvalue weighted by atomic mass is 16.5. The van der Waals surface area contributed by atoms with Crippen molar-refractivity contribution < 1.29 is 4.74 Å². The summed E-state index contributed by atoms with van der Waals surface area (Å²) in [6.45, 7) is 14.9. The smallest absolute Gasteiger partial charge is 0.0497 e. The number of rotatable bonds is 5. The van der Waals surface area contributed by atoms with Crippen LogP contribution in [-0.2, 0) is 4.74 Å². The number of hydrogen-bond acceptors (Lipinski definition) is 2. The van der Waals surface area contributed by atoms with Crippen LogP contribution in [0.4, 0.5) is 0 Å². The maximum absolute atomic E-state index is 5.83. The molecule has 0 aromatic carbocycles. The monoisotopic (exact) mass is 319 g/mol. The van der Waals surface area contributed by atoms with E-state index in [1.54, 1.807) is 0 Å². The maximum Gasteiger partial charge on any atom is 0.0497 e. The van der Waals surface area contributed by atoms with E-state index in [0.29, 0.717) is 11.0 Å². The molecule has 4 bridgehead atoms. The van der Waals surface area contributed by atoms with Crippen molar-refractivity contribution in [1.82, 2.24) is 4.90 Å². The second-order valence-corrected chi connectivity index (χ2v) is 10.6. The lowest BCUT2D eigenvalue weighted by Crippen LogP contribution is -2.56. The molecule has 0 aromatic heterocycles. The summed E-state index contributed by atoms with van der Waals surface area (Å²) in [5, 5.41) is 0. The highest BCUT2D eigenvalue weighted by Gasteiger charge is 2.48. The van der Waals surface area contributed by atoms with Gasteiger partial charge in [0.15, 0.2) is 0 Å². The van der Waals surface area contributed by atoms with Gasteiger partial charge in [-0.25, -0.2) is 0 Å². The van der Waals surface area contributed by atoms with E-state index in [1.807, 2.05) is 0 Å². The fourth-order valence-corrected chi connectivity index (χ4v) is 6.51. The molecule has 3 aliphatic heterocycles. The third kappa shape index (κ3) is 2.99. The maximum atomic E-state index is 5.83. The number of fused-ring (bicyclic) bond motifs is 4. The van der Waals surface area contributed by atoms with Gasteiger partial charge in [-0.2, -0.15) is 0 Å². The van der Waals surface area contributed by atoms with E-state index in [9.17, 15) is 0 Å². The Morgan fingerprint density at radius 2 is 1.43 bits per heavy atom. The van der Waals surface area contributed by atoms with E-state index >= 15 is 0 Å². The minimum Gasteiger partial charge on any atom is -0.381 e. The highest BCUT2D eigenvalue weighted by Crippen LogP contribution is 2.52. The molecule has 0 spiro atoms. The number of hydrogen-bond donors (Lipinski definition) is 0. The summed E-state index contributed by atoms with van der Waals surface area (Å²) in [5.74, 6) is 4.63. The van der Waals surface area contributed by atoms with Crippen molar-refractivity contribution in [2.45, 2.75) is 71.8 Å². The summed E-state index contributed by atoms with van der Waals surface area (Å²) in [6.07, 6.45) is 8.60. The molecule has 23 heavy (non-hydrogen) atoms. The molecule has 2 saturated carbocycles. The lowest BCUT2D eigenvalue weighted by Gasteiger charge is -2.54. The van der Waals surface area contributed by atoms with Gasteiger partial charge in [-0.3, -0.25) is 4.90 Å². The van der Waals surface area contributed by atoms with E-state index in [2.05, 4.69) is 32.6 Å². The quantitative estimate of drug-likeness (QED) is 0.735. The second-order valence-electron chi connectivity index (χ2n) is 10.6. The first-order valence-corrected chi connectivity index (χ1v) is 10.2. The summed E-state index contributed by atoms with van der Waals surface area (Å²) < 4.78 is 5.83. The Bertz CT molecular complexity index is 411. The first-order valence-electron chi connectivity index (χ1n) is 10.2. The number of piperidine rings is 2. The van der Waals surface area contributed by atoms with Gasteiger partial charge in [-0.1, -0.05) is 13.8 Å². The van der Waals surface area contributed by atoms with E-state index in [0.717, 1.165) is 42.8 Å². The predicted octanol–water partition coefficient (Wildman–Crippen LogP) is 4.59. The fraction of sp³-hybridized carbons (Fsp3) is 1.00. The van der Waals surface area contributed by atoms with Crippen LogP contribution in [-0.4, -0.2) is 36.7 Å². The lowest BCUT2D eigenvalue weighted by molar-refractivity contribution is -0.0570. The Labute approximate surface area is 143 Å². The standard InChI is InChI=1S/C21H37NO/c1-20(2,19-17-5-6-18(19)14-23-13-17)7-8-21(3,4)22-11-15-9-16(10-15)12-22/h15-19H,5-14H2,1-4H3. The molecule has 0 radical (unpaired) electrons. The molecule has 5 rings (SSSR count). The van der Waals surface area contributed by atoms with Gasteiger partial charge in [0.1, 0.15) is 0 Å². The molecule has 5 fully saturated rings. The molecule has 2 unspecified atom stereocenters. The van der Waals surface area contributed by atoms with Gasteiger partial charge in [-0.05, 0) is 87.4 Å². The molecule has 5 aliphatic rings. The number of ether oxygens (including phenoxy) is 1. The van der Waals surface area contributed by atoms with Crippen LogP contribution in [0.25, 0.3) is 0 Å². The minimum absolute atomic E-state index is 0.388. The largest absolute Gasteiger partial charge is 0.381 e. The Balaban J connectivity index is 1.37. The Kier molecular flexibility index (Phi) is 4.08. The average molecular weight is 320 g/mol. The topological polar surface area (TPSA) is 12.5 Å². The first kappa shape index (κ1) is 16.4. The molecule has 0 N–H and O–H groups in total. The third-order valence-electron chi connectivity index (χ3n) is 8.02. The van der Waals surface area contributed by atoms with Crippen molar-refractivity contribution in [3.63, 3.8) is 0 Å². The first-order chi connectivity index (χ1) is 10.9. The summed E-state index contributed by atoms with van der Waals surface area (Å²) in [4.78, 5) is 2.82. The van der Waals surface area contributed by atoms with Crippen molar-refractivity contribution in [3.05, 3.63) is 0 Å². The summed E-state index contributed by atoms with van der Waals surface area (Å²) in [7, 11) is 0. The highest BCUT2D eigenvalue weighted by molar-refractivity contribution is 4.99. The molecular formula is C21H37NO. The van der Waals surface area contributed by atoms with Crippen LogP contribution in [0.3, 0.4) is 0 Å². The van der Waals surface area contributed by atoms with Crippen molar-refractivity contribution in [3.8, 4) is 0 Å². The average Bonchev–Trinajstić information content (AvgIpc) is 2.76. The molecule has 132 valence electrons. The predicted molar refractivity (Wildman–Crippen MR) is 95.4 cm³/mol. The molecule has 2 atom stereocenters. The van der Waals surface area contributed by atoms with Crippen LogP contribution in [0.15, 0.2) is 0 Å². The van der Waals surface area contributed by atoms with Crippen molar-refractivity contribution in [2.75, 3.05) is 26.3 Å². The molecule has 2 nitrogen and oxygen atoms in total. The SMILES string of the molecule is CC(C)(CCC(C)(C)N1CC2CC(C2)C1)C1C2CCC1COC2. The van der Waals surface area contributed by atoms with Gasteiger partial charge in [-0.15, -0.1) is 0 Å². The summed E-state index contributed by atoms with van der Waals surface area (Å²) in [6, 6.07) is 0. The van der Waals surface area contributed by atoms with Crippen molar-refractivity contribution in [1.29, 1.82) is 0 Å². The fourth-order valence-electron chi connectivity index (χ4n) is 6.51. The van der Waals surface area contributed by atoms with Crippen LogP contribution < -0.4 is 0 Å². The van der Waals surface area contributed by atoms with Gasteiger partial charge in [0.2, 0.25) is 0 Å². The van der Waals surface area contributed by atoms with Gasteiger partial charge < -0.3 is 4.74 Å². The van der Waals surface area contributed by atoms with Gasteiger partial charge in [0.05, 0.1) is 0 Å². The van der Waals surface area contributed by atoms with Crippen LogP contribution in [0.2, 0.25) is 0 Å². The zero-order valence-electron chi connectivity index (χ0n) is 15.8. The zero-order valence-corrected chi connectivity index (χ0v) is 15.8. The molecule has 3 saturated heterocycles. The Hall–Kier alpha value is -0.0800. The summed E-state index contributed by atoms with van der Waals surface area (Å²) in [5.41, 5.74) is 0.865. The van der Waals surface area contributed by atoms with Gasteiger partial charge >= 0.3 is 0 Å². The van der Waals surface area contributed by atoms with E-state index in [-0.39, 0.29) is 0 Å². The van der Waals surface area contributed by atoms with Gasteiger partial charge in [0, 0.05) is 31.8 Å². The second kappa shape index (κ2) is 5.73. The molecule has 2 aliphatic carbocycles. The van der Waals surface area contributed by atoms with Crippen LogP contribution in [0.1, 0.15) is 66.2 Å². The van der Waals surface area contributed by atoms with Crippen LogP contribution >= 0.6 is 0 Å². The van der Waals surface area contributed by atoms with Crippen molar-refractivity contribution in [2.24, 2.45) is 35.0 Å². The normalized spacial score (nSPS) is 41.0. The lowest BCUT2D eigenvalue weighted by atomic mass is 9.65. The molecular weight excluding hydrogens is 282 g/mol. The van der Waals surface area contributed by atoms with E-state index in [1.165, 1.54) is 51.6 Å². The molecule has 3 heterocycles. The zero-order chi connectivity index (χ0) is 16.2. The van der Waals surface area contributed by atoms with Crippen molar-refractivity contribution >= 4 is 0 Å². The number of nitrogens with zero attached hydrogens (tertiary/aromatic N) is 1. The van der Waals surface area contributed by atoms with Crippen LogP contribution in [0.5, 0.6) is 0 Å². The summed E-state index contributed by atoms with van der Waals surface area (Å²) >= 11 is 0. The van der Waals surface area contributed by atoms with E-state index in [4.69, 9.17) is 4.74 Å². The minimum atomic E-state index is 0.388. The van der Waals surface area contributed by atoms with Crippen LogP contribution in [0, 0.1) is 35.0 Å². The molecule has 2 heteroatoms.